The number of nitrogens with zero attached hydrogens (tertiary/aromatic N) is 1. The van der Waals surface area contributed by atoms with Crippen LogP contribution < -0.4 is 10.0 Å². The summed E-state index contributed by atoms with van der Waals surface area (Å²) in [7, 11) is -4.13. The molecule has 2 N–H and O–H groups in total. The van der Waals surface area contributed by atoms with Gasteiger partial charge in [0, 0.05) is 17.8 Å². The number of para-hydroxylation sites is 1. The number of benzene rings is 3. The van der Waals surface area contributed by atoms with Gasteiger partial charge in [-0.1, -0.05) is 18.2 Å². The third-order valence-electron chi connectivity index (χ3n) is 4.19. The summed E-state index contributed by atoms with van der Waals surface area (Å²) in [5, 5.41) is 13.2. The predicted octanol–water partition coefficient (Wildman–Crippen LogP) is 3.33. The minimum absolute atomic E-state index is 0.106. The second kappa shape index (κ2) is 9.87. The van der Waals surface area contributed by atoms with Crippen LogP contribution in [0.25, 0.3) is 0 Å². The molecule has 12 heteroatoms. The summed E-state index contributed by atoms with van der Waals surface area (Å²) in [6.07, 6.45) is 0. The minimum atomic E-state index is -4.13. The monoisotopic (exact) mass is 473 g/mol. The summed E-state index contributed by atoms with van der Waals surface area (Å²) in [6, 6.07) is 14.8. The van der Waals surface area contributed by atoms with Crippen molar-refractivity contribution in [1.29, 1.82) is 0 Å². The lowest BCUT2D eigenvalue weighted by atomic mass is 10.2. The van der Waals surface area contributed by atoms with Gasteiger partial charge in [0.15, 0.2) is 6.61 Å². The number of esters is 1. The highest BCUT2D eigenvalue weighted by molar-refractivity contribution is 7.92. The van der Waals surface area contributed by atoms with E-state index in [0.29, 0.717) is 0 Å². The normalized spacial score (nSPS) is 10.8. The summed E-state index contributed by atoms with van der Waals surface area (Å²) in [5.74, 6) is -2.35. The van der Waals surface area contributed by atoms with Crippen molar-refractivity contribution in [2.45, 2.75) is 4.90 Å². The molecule has 0 spiro atoms. The minimum Gasteiger partial charge on any atom is -0.452 e. The van der Waals surface area contributed by atoms with Crippen LogP contribution in [0.1, 0.15) is 10.4 Å². The molecule has 0 aromatic heterocycles. The van der Waals surface area contributed by atoms with E-state index in [-0.39, 0.29) is 27.5 Å². The van der Waals surface area contributed by atoms with E-state index < -0.39 is 39.2 Å². The number of sulfonamides is 1. The third-order valence-corrected chi connectivity index (χ3v) is 5.57. The number of anilines is 2. The van der Waals surface area contributed by atoms with Crippen LogP contribution in [0.5, 0.6) is 0 Å². The molecule has 0 aliphatic rings. The first-order valence-corrected chi connectivity index (χ1v) is 10.7. The molecule has 0 bridgehead atoms. The van der Waals surface area contributed by atoms with E-state index in [4.69, 9.17) is 4.74 Å². The van der Waals surface area contributed by atoms with Crippen molar-refractivity contribution in [3.8, 4) is 0 Å². The molecule has 0 unspecified atom stereocenters. The number of amides is 1. The number of non-ortho nitro benzene ring substituents is 1. The Morgan fingerprint density at radius 2 is 1.70 bits per heavy atom. The first-order chi connectivity index (χ1) is 15.7. The smallest absolute Gasteiger partial charge is 0.340 e. The Labute approximate surface area is 187 Å². The number of nitro groups is 1. The zero-order valence-electron chi connectivity index (χ0n) is 16.7. The van der Waals surface area contributed by atoms with Gasteiger partial charge in [0.25, 0.3) is 21.6 Å². The largest absolute Gasteiger partial charge is 0.452 e. The quantitative estimate of drug-likeness (QED) is 0.290. The molecule has 3 aromatic carbocycles. The van der Waals surface area contributed by atoms with E-state index in [0.717, 1.165) is 30.3 Å². The topological polar surface area (TPSA) is 145 Å². The molecular weight excluding hydrogens is 457 g/mol. The van der Waals surface area contributed by atoms with E-state index >= 15 is 0 Å². The molecule has 0 saturated heterocycles. The Morgan fingerprint density at radius 1 is 1.00 bits per heavy atom. The summed E-state index contributed by atoms with van der Waals surface area (Å²) in [5.41, 5.74) is -0.359. The second-order valence-corrected chi connectivity index (χ2v) is 8.22. The van der Waals surface area contributed by atoms with Crippen molar-refractivity contribution in [1.82, 2.24) is 0 Å². The maximum atomic E-state index is 13.1. The van der Waals surface area contributed by atoms with Crippen molar-refractivity contribution in [2.24, 2.45) is 0 Å². The van der Waals surface area contributed by atoms with Crippen LogP contribution in [-0.2, 0) is 19.6 Å². The fourth-order valence-corrected chi connectivity index (χ4v) is 3.75. The number of rotatable bonds is 8. The van der Waals surface area contributed by atoms with Crippen LogP contribution >= 0.6 is 0 Å². The summed E-state index contributed by atoms with van der Waals surface area (Å²) in [6.45, 7) is -0.722. The van der Waals surface area contributed by atoms with Crippen LogP contribution in [0.4, 0.5) is 21.5 Å². The number of ether oxygens (including phenoxy) is 1. The van der Waals surface area contributed by atoms with Crippen molar-refractivity contribution in [3.63, 3.8) is 0 Å². The predicted molar refractivity (Wildman–Crippen MR) is 116 cm³/mol. The van der Waals surface area contributed by atoms with Gasteiger partial charge in [0.1, 0.15) is 5.82 Å². The fraction of sp³-hybridized carbons (Fsp3) is 0.0476. The van der Waals surface area contributed by atoms with Gasteiger partial charge in [-0.25, -0.2) is 17.6 Å². The number of nitro benzene ring substituents is 1. The first-order valence-electron chi connectivity index (χ1n) is 9.24. The van der Waals surface area contributed by atoms with E-state index in [1.165, 1.54) is 42.5 Å². The van der Waals surface area contributed by atoms with Gasteiger partial charge in [-0.05, 0) is 42.5 Å². The van der Waals surface area contributed by atoms with Crippen LogP contribution in [-0.4, -0.2) is 31.8 Å². The summed E-state index contributed by atoms with van der Waals surface area (Å²) >= 11 is 0. The van der Waals surface area contributed by atoms with Crippen LogP contribution in [0.15, 0.2) is 77.7 Å². The van der Waals surface area contributed by atoms with Gasteiger partial charge in [0.05, 0.1) is 21.1 Å². The van der Waals surface area contributed by atoms with Crippen molar-refractivity contribution in [3.05, 3.63) is 94.3 Å². The Bertz CT molecular complexity index is 1310. The molecule has 0 atom stereocenters. The zero-order valence-corrected chi connectivity index (χ0v) is 17.5. The van der Waals surface area contributed by atoms with Crippen molar-refractivity contribution in [2.75, 3.05) is 16.6 Å². The molecule has 0 radical (unpaired) electrons. The Morgan fingerprint density at radius 3 is 2.39 bits per heavy atom. The molecule has 0 fully saturated rings. The SMILES string of the molecule is O=C(COC(=O)c1ccccc1NS(=O)(=O)c1ccc(F)cc1)Nc1cccc([N+](=O)[O-])c1. The van der Waals surface area contributed by atoms with Gasteiger partial charge in [-0.3, -0.25) is 19.6 Å². The van der Waals surface area contributed by atoms with Crippen LogP contribution in [0.3, 0.4) is 0 Å². The Balaban J connectivity index is 1.67. The molecule has 3 rings (SSSR count). The van der Waals surface area contributed by atoms with E-state index in [9.17, 15) is 32.5 Å². The number of carbonyl (C=O) groups excluding carboxylic acids is 2. The lowest BCUT2D eigenvalue weighted by Gasteiger charge is -2.12. The highest BCUT2D eigenvalue weighted by Gasteiger charge is 2.20. The molecule has 33 heavy (non-hydrogen) atoms. The highest BCUT2D eigenvalue weighted by Crippen LogP contribution is 2.21. The van der Waals surface area contributed by atoms with E-state index in [2.05, 4.69) is 10.0 Å². The maximum Gasteiger partial charge on any atom is 0.340 e. The first kappa shape index (κ1) is 23.3. The summed E-state index contributed by atoms with van der Waals surface area (Å²) in [4.78, 5) is 34.5. The van der Waals surface area contributed by atoms with Crippen molar-refractivity contribution >= 4 is 39.0 Å². The van der Waals surface area contributed by atoms with Gasteiger partial charge < -0.3 is 10.1 Å². The van der Waals surface area contributed by atoms with Crippen LogP contribution in [0.2, 0.25) is 0 Å². The Kier molecular flexibility index (Phi) is 6.98. The van der Waals surface area contributed by atoms with Gasteiger partial charge in [-0.2, -0.15) is 0 Å². The molecule has 0 aliphatic heterocycles. The number of hydrogen-bond donors (Lipinski definition) is 2. The number of nitrogens with one attached hydrogen (secondary N) is 2. The molecule has 1 amide bonds. The molecule has 0 heterocycles. The van der Waals surface area contributed by atoms with Gasteiger partial charge in [0.2, 0.25) is 0 Å². The number of hydrogen-bond acceptors (Lipinski definition) is 7. The highest BCUT2D eigenvalue weighted by atomic mass is 32.2. The van der Waals surface area contributed by atoms with E-state index in [1.54, 1.807) is 0 Å². The maximum absolute atomic E-state index is 13.1. The lowest BCUT2D eigenvalue weighted by molar-refractivity contribution is -0.384. The molecule has 0 saturated carbocycles. The lowest BCUT2D eigenvalue weighted by Crippen LogP contribution is -2.22. The fourth-order valence-electron chi connectivity index (χ4n) is 2.67. The molecule has 0 aliphatic carbocycles. The number of carbonyl (C=O) groups is 2. The average molecular weight is 473 g/mol. The summed E-state index contributed by atoms with van der Waals surface area (Å²) < 4.78 is 45.3. The number of halogens is 1. The zero-order chi connectivity index (χ0) is 24.0. The van der Waals surface area contributed by atoms with Crippen LogP contribution in [0, 0.1) is 15.9 Å². The second-order valence-electron chi connectivity index (χ2n) is 6.54. The van der Waals surface area contributed by atoms with Crippen molar-refractivity contribution < 1.29 is 32.1 Å². The molecule has 10 nitrogen and oxygen atoms in total. The average Bonchev–Trinajstić information content (AvgIpc) is 2.78. The third kappa shape index (κ3) is 6.11. The van der Waals surface area contributed by atoms with Gasteiger partial charge >= 0.3 is 5.97 Å². The standard InChI is InChI=1S/C21H16FN3O7S/c22-14-8-10-17(11-9-14)33(30,31)24-19-7-2-1-6-18(19)21(27)32-13-20(26)23-15-4-3-5-16(12-15)25(28)29/h1-12,24H,13H2,(H,23,26). The molecule has 170 valence electrons. The molecular formula is C21H16FN3O7S. The van der Waals surface area contributed by atoms with Gasteiger partial charge in [-0.15, -0.1) is 0 Å². The van der Waals surface area contributed by atoms with E-state index in [1.807, 2.05) is 0 Å². The Hall–Kier alpha value is -4.32. The molecule has 3 aromatic rings.